The van der Waals surface area contributed by atoms with Crippen molar-refractivity contribution in [1.29, 1.82) is 5.26 Å². The highest BCUT2D eigenvalue weighted by Gasteiger charge is 2.15. The molecule has 0 aliphatic carbocycles. The van der Waals surface area contributed by atoms with Crippen LogP contribution in [0.2, 0.25) is 0 Å². The van der Waals surface area contributed by atoms with E-state index in [2.05, 4.69) is 13.0 Å². The number of aromatic hydroxyl groups is 1. The standard InChI is InChI=1S/C20H31NO3/c1-6-16-12-19(24-15(2)3)17(22)13-18(16)23-11-9-7-8-10-20(4,5)14-21/h12-13,15,22H,6-11H2,1-5H3. The molecular formula is C20H31NO3. The van der Waals surface area contributed by atoms with E-state index in [1.165, 1.54) is 0 Å². The number of aryl methyl sites for hydroxylation is 1. The first-order valence-electron chi connectivity index (χ1n) is 8.85. The number of phenols is 1. The van der Waals surface area contributed by atoms with Gasteiger partial charge in [0.2, 0.25) is 0 Å². The number of hydrogen-bond donors (Lipinski definition) is 1. The Balaban J connectivity index is 2.50. The van der Waals surface area contributed by atoms with Crippen molar-refractivity contribution in [2.75, 3.05) is 6.61 Å². The lowest BCUT2D eigenvalue weighted by Crippen LogP contribution is -2.08. The molecule has 0 fully saturated rings. The van der Waals surface area contributed by atoms with Crippen molar-refractivity contribution in [3.05, 3.63) is 17.7 Å². The molecule has 24 heavy (non-hydrogen) atoms. The van der Waals surface area contributed by atoms with Crippen LogP contribution in [0.4, 0.5) is 0 Å². The van der Waals surface area contributed by atoms with Crippen LogP contribution in [0, 0.1) is 16.7 Å². The van der Waals surface area contributed by atoms with E-state index in [-0.39, 0.29) is 17.3 Å². The minimum atomic E-state index is -0.242. The first-order valence-corrected chi connectivity index (χ1v) is 8.85. The van der Waals surface area contributed by atoms with Gasteiger partial charge in [0.05, 0.1) is 24.2 Å². The van der Waals surface area contributed by atoms with Crippen molar-refractivity contribution in [3.63, 3.8) is 0 Å². The molecule has 0 atom stereocenters. The van der Waals surface area contributed by atoms with E-state index in [4.69, 9.17) is 14.7 Å². The predicted octanol–water partition coefficient (Wildman–Crippen LogP) is 5.23. The fourth-order valence-corrected chi connectivity index (χ4v) is 2.43. The summed E-state index contributed by atoms with van der Waals surface area (Å²) >= 11 is 0. The Morgan fingerprint density at radius 2 is 1.88 bits per heavy atom. The summed E-state index contributed by atoms with van der Waals surface area (Å²) in [6, 6.07) is 5.84. The van der Waals surface area contributed by atoms with E-state index >= 15 is 0 Å². The monoisotopic (exact) mass is 333 g/mol. The Labute approximate surface area is 146 Å². The molecule has 4 nitrogen and oxygen atoms in total. The van der Waals surface area contributed by atoms with Gasteiger partial charge in [-0.1, -0.05) is 19.8 Å². The maximum absolute atomic E-state index is 10.1. The third-order valence-corrected chi connectivity index (χ3v) is 3.89. The maximum atomic E-state index is 10.1. The molecule has 0 amide bonds. The first kappa shape index (κ1) is 20.2. The molecule has 0 bridgehead atoms. The highest BCUT2D eigenvalue weighted by molar-refractivity contribution is 5.50. The van der Waals surface area contributed by atoms with Gasteiger partial charge in [0.15, 0.2) is 11.5 Å². The van der Waals surface area contributed by atoms with E-state index in [1.54, 1.807) is 6.07 Å². The molecule has 0 saturated carbocycles. The van der Waals surface area contributed by atoms with Crippen LogP contribution in [-0.4, -0.2) is 17.8 Å². The van der Waals surface area contributed by atoms with Crippen LogP contribution in [-0.2, 0) is 6.42 Å². The summed E-state index contributed by atoms with van der Waals surface area (Å²) in [6.07, 6.45) is 4.75. The van der Waals surface area contributed by atoms with E-state index in [1.807, 2.05) is 33.8 Å². The molecule has 1 rings (SSSR count). The zero-order valence-corrected chi connectivity index (χ0v) is 15.7. The van der Waals surface area contributed by atoms with Crippen LogP contribution in [0.3, 0.4) is 0 Å². The molecule has 1 N–H and O–H groups in total. The second-order valence-corrected chi connectivity index (χ2v) is 7.10. The Morgan fingerprint density at radius 3 is 2.46 bits per heavy atom. The average Bonchev–Trinajstić information content (AvgIpc) is 2.52. The van der Waals surface area contributed by atoms with Crippen molar-refractivity contribution in [2.45, 2.75) is 72.8 Å². The molecule has 0 heterocycles. The van der Waals surface area contributed by atoms with Crippen LogP contribution >= 0.6 is 0 Å². The summed E-state index contributed by atoms with van der Waals surface area (Å²) in [5.74, 6) is 1.35. The second kappa shape index (κ2) is 9.42. The molecule has 0 aliphatic rings. The third-order valence-electron chi connectivity index (χ3n) is 3.89. The molecule has 1 aromatic rings. The lowest BCUT2D eigenvalue weighted by molar-refractivity contribution is 0.230. The summed E-state index contributed by atoms with van der Waals surface area (Å²) in [6.45, 7) is 10.5. The summed E-state index contributed by atoms with van der Waals surface area (Å²) in [7, 11) is 0. The lowest BCUT2D eigenvalue weighted by Gasteiger charge is -2.16. The Morgan fingerprint density at radius 1 is 1.17 bits per heavy atom. The largest absolute Gasteiger partial charge is 0.504 e. The maximum Gasteiger partial charge on any atom is 0.161 e. The van der Waals surface area contributed by atoms with Crippen LogP contribution in [0.5, 0.6) is 17.2 Å². The van der Waals surface area contributed by atoms with Crippen LogP contribution < -0.4 is 9.47 Å². The Bertz CT molecular complexity index is 559. The molecule has 0 aromatic heterocycles. The number of rotatable bonds is 10. The van der Waals surface area contributed by atoms with Gasteiger partial charge in [0.1, 0.15) is 5.75 Å². The average molecular weight is 333 g/mol. The third kappa shape index (κ3) is 6.70. The van der Waals surface area contributed by atoms with Gasteiger partial charge in [-0.05, 0) is 58.6 Å². The van der Waals surface area contributed by atoms with E-state index in [0.29, 0.717) is 12.4 Å². The molecule has 0 aliphatic heterocycles. The zero-order valence-electron chi connectivity index (χ0n) is 15.7. The number of nitriles is 1. The normalized spacial score (nSPS) is 11.4. The lowest BCUT2D eigenvalue weighted by atomic mass is 9.89. The van der Waals surface area contributed by atoms with E-state index < -0.39 is 0 Å². The number of nitrogens with zero attached hydrogens (tertiary/aromatic N) is 1. The van der Waals surface area contributed by atoms with Crippen LogP contribution in [0.15, 0.2) is 12.1 Å². The summed E-state index contributed by atoms with van der Waals surface area (Å²) in [4.78, 5) is 0. The fourth-order valence-electron chi connectivity index (χ4n) is 2.43. The summed E-state index contributed by atoms with van der Waals surface area (Å²) < 4.78 is 11.5. The van der Waals surface area contributed by atoms with Crippen molar-refractivity contribution in [1.82, 2.24) is 0 Å². The number of hydrogen-bond acceptors (Lipinski definition) is 4. The molecule has 0 saturated heterocycles. The van der Waals surface area contributed by atoms with Gasteiger partial charge >= 0.3 is 0 Å². The van der Waals surface area contributed by atoms with Gasteiger partial charge in [-0.2, -0.15) is 5.26 Å². The highest BCUT2D eigenvalue weighted by Crippen LogP contribution is 2.35. The van der Waals surface area contributed by atoms with E-state index in [0.717, 1.165) is 43.4 Å². The minimum Gasteiger partial charge on any atom is -0.504 e. The van der Waals surface area contributed by atoms with Gasteiger partial charge < -0.3 is 14.6 Å². The molecule has 0 unspecified atom stereocenters. The molecule has 134 valence electrons. The van der Waals surface area contributed by atoms with Crippen molar-refractivity contribution >= 4 is 0 Å². The smallest absolute Gasteiger partial charge is 0.161 e. The van der Waals surface area contributed by atoms with Gasteiger partial charge in [-0.15, -0.1) is 0 Å². The van der Waals surface area contributed by atoms with Crippen LogP contribution in [0.25, 0.3) is 0 Å². The summed E-state index contributed by atoms with van der Waals surface area (Å²) in [5.41, 5.74) is 0.794. The van der Waals surface area contributed by atoms with Gasteiger partial charge in [-0.3, -0.25) is 0 Å². The van der Waals surface area contributed by atoms with Gasteiger partial charge in [0, 0.05) is 6.07 Å². The molecule has 0 spiro atoms. The number of ether oxygens (including phenoxy) is 2. The molecule has 4 heteroatoms. The number of phenolic OH excluding ortho intramolecular Hbond substituents is 1. The molecular weight excluding hydrogens is 302 g/mol. The first-order chi connectivity index (χ1) is 11.3. The zero-order chi connectivity index (χ0) is 18.2. The van der Waals surface area contributed by atoms with Crippen molar-refractivity contribution in [3.8, 4) is 23.3 Å². The molecule has 0 radical (unpaired) electrons. The number of benzene rings is 1. The Kier molecular flexibility index (Phi) is 7.91. The SMILES string of the molecule is CCc1cc(OC(C)C)c(O)cc1OCCCCCC(C)(C)C#N. The molecule has 1 aromatic carbocycles. The van der Waals surface area contributed by atoms with E-state index in [9.17, 15) is 5.11 Å². The minimum absolute atomic E-state index is 0.0186. The van der Waals surface area contributed by atoms with Gasteiger partial charge in [0.25, 0.3) is 0 Å². The van der Waals surface area contributed by atoms with Crippen molar-refractivity contribution < 1.29 is 14.6 Å². The second-order valence-electron chi connectivity index (χ2n) is 7.10. The van der Waals surface area contributed by atoms with Crippen LogP contribution in [0.1, 0.15) is 65.9 Å². The predicted molar refractivity (Wildman–Crippen MR) is 96.6 cm³/mol. The topological polar surface area (TPSA) is 62.5 Å². The quantitative estimate of drug-likeness (QED) is 0.595. The highest BCUT2D eigenvalue weighted by atomic mass is 16.5. The fraction of sp³-hybridized carbons (Fsp3) is 0.650. The van der Waals surface area contributed by atoms with Gasteiger partial charge in [-0.25, -0.2) is 0 Å². The van der Waals surface area contributed by atoms with Crippen molar-refractivity contribution in [2.24, 2.45) is 5.41 Å². The summed E-state index contributed by atoms with van der Waals surface area (Å²) in [5, 5.41) is 19.1. The number of unbranched alkanes of at least 4 members (excludes halogenated alkanes) is 2. The Hall–Kier alpha value is -1.89.